The molecule has 0 amide bonds. The fourth-order valence-corrected chi connectivity index (χ4v) is 13.1. The monoisotopic (exact) mass is 1140 g/mol. The van der Waals surface area contributed by atoms with Crippen molar-refractivity contribution < 1.29 is 57.4 Å². The summed E-state index contributed by atoms with van der Waals surface area (Å²) in [6.45, 7) is 9.55. The van der Waals surface area contributed by atoms with Gasteiger partial charge in [0.1, 0.15) is 30.8 Å². The van der Waals surface area contributed by atoms with Crippen molar-refractivity contribution in [1.29, 1.82) is 0 Å². The van der Waals surface area contributed by atoms with E-state index in [1.165, 1.54) is 62.2 Å². The van der Waals surface area contributed by atoms with Crippen LogP contribution in [0.3, 0.4) is 0 Å². The lowest BCUT2D eigenvalue weighted by Gasteiger charge is -2.33. The Hall–Kier alpha value is -5.59. The maximum Gasteiger partial charge on any atom is 0.508 e. The maximum absolute atomic E-state index is 12.3. The van der Waals surface area contributed by atoms with Crippen LogP contribution in [0.15, 0.2) is 97.1 Å². The molecule has 0 aliphatic heterocycles. The Morgan fingerprint density at radius 3 is 1.44 bits per heavy atom. The summed E-state index contributed by atoms with van der Waals surface area (Å²) < 4.78 is 37.0. The molecule has 0 heterocycles. The van der Waals surface area contributed by atoms with E-state index < -0.39 is 11.6 Å². The number of hydrogen-bond acceptors (Lipinski definition) is 12. The molecule has 13 heteroatoms. The van der Waals surface area contributed by atoms with Gasteiger partial charge in [0.15, 0.2) is 13.2 Å². The maximum atomic E-state index is 12.3. The Kier molecular flexibility index (Phi) is 30.3. The van der Waals surface area contributed by atoms with E-state index in [0.29, 0.717) is 47.3 Å². The first kappa shape index (κ1) is 67.9. The summed E-state index contributed by atoms with van der Waals surface area (Å²) >= 11 is 4.60. The number of esters is 2. The lowest BCUT2D eigenvalue weighted by atomic mass is 9.73. The molecule has 2 saturated carbocycles. The van der Waals surface area contributed by atoms with Crippen LogP contribution in [0.5, 0.6) is 11.5 Å². The van der Waals surface area contributed by atoms with Gasteiger partial charge in [-0.1, -0.05) is 160 Å². The molecule has 10 atom stereocenters. The number of carbonyl (C=O) groups is 4. The summed E-state index contributed by atoms with van der Waals surface area (Å²) in [7, 11) is 2.59. The fourth-order valence-electron chi connectivity index (χ4n) is 13.1. The molecule has 0 spiro atoms. The minimum atomic E-state index is -0.773. The second kappa shape index (κ2) is 36.1. The van der Waals surface area contributed by atoms with Gasteiger partial charge in [0.25, 0.3) is 0 Å². The van der Waals surface area contributed by atoms with Crippen molar-refractivity contribution in [2.75, 3.05) is 27.4 Å². The zero-order valence-electron chi connectivity index (χ0n) is 47.9. The molecular formula is C68H97ClO12. The standard InChI is InChI=1S/C33H44O6.C31H42O4.C2H3ClO2.2CH4/c1-4-5-7-14-27(39-33(35)36-3)16-17-28-23(2)18-26-20-30-25(19-29(26)28)13-10-15-31(30)37-22-32(34)38-21-24-11-8-6-9-12-24;1-3-4-6-13-26(32)15-16-27-22(2)17-25-19-29-24(18-28(25)27)12-9-14-30(29)34-21-31(33)35-20-23-10-7-5-8-11-23;1-5-2(3)4;;/h6,8-13,15,23,26-29H,4-5,7,14,16-22H2,1-3H3;5,7-12,14,22,25-28,32H,3-4,6,13,15-21H2,1-2H3;1H3;2*1H4/t23-,26-,27+,28+,29+;22-,25-,26+,27+,28+;;;/m11.../s1. The Morgan fingerprint density at radius 2 is 1.01 bits per heavy atom. The quantitative estimate of drug-likeness (QED) is 0.0291. The van der Waals surface area contributed by atoms with E-state index in [2.05, 4.69) is 62.2 Å². The largest absolute Gasteiger partial charge is 0.508 e. The van der Waals surface area contributed by atoms with E-state index in [1.807, 2.05) is 78.9 Å². The molecule has 4 aliphatic rings. The zero-order chi connectivity index (χ0) is 56.5. The second-order valence-corrected chi connectivity index (χ2v) is 22.8. The normalized spacial score (nSPS) is 21.5. The van der Waals surface area contributed by atoms with Crippen LogP contribution in [-0.2, 0) is 72.2 Å². The van der Waals surface area contributed by atoms with Crippen LogP contribution in [0.2, 0.25) is 0 Å². The molecule has 1 N–H and O–H groups in total. The van der Waals surface area contributed by atoms with E-state index >= 15 is 0 Å². The van der Waals surface area contributed by atoms with Gasteiger partial charge in [-0.15, -0.1) is 0 Å². The second-order valence-electron chi connectivity index (χ2n) is 22.5. The predicted octanol–water partition coefficient (Wildman–Crippen LogP) is 16.1. The number of halogens is 1. The molecule has 4 aromatic rings. The Balaban J connectivity index is 0.000000316. The van der Waals surface area contributed by atoms with Crippen LogP contribution in [0.1, 0.15) is 166 Å². The number of aliphatic hydroxyl groups is 1. The summed E-state index contributed by atoms with van der Waals surface area (Å²) in [6, 6.07) is 31.9. The van der Waals surface area contributed by atoms with Crippen molar-refractivity contribution >= 4 is 35.1 Å². The number of unbranched alkanes of at least 4 members (excludes halogenated alkanes) is 4. The van der Waals surface area contributed by atoms with Crippen LogP contribution in [0, 0.1) is 47.3 Å². The van der Waals surface area contributed by atoms with Gasteiger partial charge >= 0.3 is 23.5 Å². The fraction of sp³-hybridized carbons (Fsp3) is 0.588. The summed E-state index contributed by atoms with van der Waals surface area (Å²) in [5.74, 6) is 6.12. The predicted molar refractivity (Wildman–Crippen MR) is 321 cm³/mol. The SMILES string of the molecule is C.C.CCCCC[C@@H](CC[C@@H]1[C@H]2Cc3cccc(OCC(=O)OCc4ccccc4)c3C[C@H]2C[C@H]1C)OC(=O)OC.CCCCC[C@H](O)CC[C@@H]1[C@H]2Cc3cccc(OCC(=O)OCc4ccccc4)c3C[C@H]2C[C@H]1C.COC(=O)Cl. The van der Waals surface area contributed by atoms with Gasteiger partial charge in [-0.2, -0.15) is 0 Å². The number of hydrogen-bond donors (Lipinski definition) is 1. The molecule has 4 aromatic carbocycles. The Labute approximate surface area is 490 Å². The third-order valence-corrected chi connectivity index (χ3v) is 17.3. The lowest BCUT2D eigenvalue weighted by Crippen LogP contribution is -2.28. The Bertz CT molecular complexity index is 2470. The Morgan fingerprint density at radius 1 is 0.568 bits per heavy atom. The van der Waals surface area contributed by atoms with Crippen molar-refractivity contribution in [3.63, 3.8) is 0 Å². The van der Waals surface area contributed by atoms with Crippen LogP contribution < -0.4 is 9.47 Å². The van der Waals surface area contributed by atoms with Gasteiger partial charge in [0.2, 0.25) is 0 Å². The average molecular weight is 1140 g/mol. The number of carbonyl (C=O) groups excluding carboxylic acids is 4. The zero-order valence-corrected chi connectivity index (χ0v) is 48.6. The van der Waals surface area contributed by atoms with Gasteiger partial charge < -0.3 is 38.3 Å². The molecular weight excluding hydrogens is 1040 g/mol. The van der Waals surface area contributed by atoms with Crippen molar-refractivity contribution in [2.45, 2.75) is 184 Å². The lowest BCUT2D eigenvalue weighted by molar-refractivity contribution is -0.148. The number of ether oxygens (including phenoxy) is 7. The van der Waals surface area contributed by atoms with Crippen LogP contribution in [0.25, 0.3) is 0 Å². The molecule has 0 aromatic heterocycles. The van der Waals surface area contributed by atoms with Crippen molar-refractivity contribution in [2.24, 2.45) is 47.3 Å². The molecule has 4 aliphatic carbocycles. The molecule has 0 saturated heterocycles. The van der Waals surface area contributed by atoms with Gasteiger partial charge in [0.05, 0.1) is 20.3 Å². The number of aliphatic hydroxyl groups excluding tert-OH is 1. The number of benzene rings is 4. The van der Waals surface area contributed by atoms with Crippen LogP contribution in [-0.4, -0.2) is 68.3 Å². The average Bonchev–Trinajstić information content (AvgIpc) is 4.19. The highest BCUT2D eigenvalue weighted by Crippen LogP contribution is 2.52. The summed E-state index contributed by atoms with van der Waals surface area (Å²) in [5, 5.41) is 10.5. The third-order valence-electron chi connectivity index (χ3n) is 17.1. The van der Waals surface area contributed by atoms with Gasteiger partial charge in [-0.05, 0) is 176 Å². The van der Waals surface area contributed by atoms with Gasteiger partial charge in [-0.3, -0.25) is 0 Å². The minimum absolute atomic E-state index is 0. The summed E-state index contributed by atoms with van der Waals surface area (Å²) in [5.41, 5.74) is 6.38. The molecule has 81 heavy (non-hydrogen) atoms. The first-order chi connectivity index (χ1) is 38.3. The van der Waals surface area contributed by atoms with Crippen molar-refractivity contribution in [3.8, 4) is 11.5 Å². The highest BCUT2D eigenvalue weighted by atomic mass is 35.5. The van der Waals surface area contributed by atoms with E-state index in [-0.39, 0.29) is 65.4 Å². The third kappa shape index (κ3) is 21.6. The minimum Gasteiger partial charge on any atom is -0.482 e. The van der Waals surface area contributed by atoms with Gasteiger partial charge in [0, 0.05) is 11.6 Å². The molecule has 12 nitrogen and oxygen atoms in total. The molecule has 2 fully saturated rings. The topological polar surface area (TPSA) is 153 Å². The molecule has 0 radical (unpaired) electrons. The smallest absolute Gasteiger partial charge is 0.482 e. The van der Waals surface area contributed by atoms with Crippen molar-refractivity contribution in [3.05, 3.63) is 130 Å². The van der Waals surface area contributed by atoms with Gasteiger partial charge in [-0.25, -0.2) is 19.2 Å². The number of fused-ring (bicyclic) bond motifs is 4. The van der Waals surface area contributed by atoms with E-state index in [0.717, 1.165) is 113 Å². The van der Waals surface area contributed by atoms with Crippen molar-refractivity contribution in [1.82, 2.24) is 0 Å². The molecule has 0 unspecified atom stereocenters. The van der Waals surface area contributed by atoms with Crippen LogP contribution in [0.4, 0.5) is 9.59 Å². The number of methoxy groups -OCH3 is 2. The van der Waals surface area contributed by atoms with E-state index in [1.54, 1.807) is 0 Å². The first-order valence-corrected chi connectivity index (χ1v) is 29.7. The highest BCUT2D eigenvalue weighted by molar-refractivity contribution is 6.61. The summed E-state index contributed by atoms with van der Waals surface area (Å²) in [6.07, 6.45) is 18.5. The van der Waals surface area contributed by atoms with Crippen LogP contribution >= 0.6 is 11.6 Å². The summed E-state index contributed by atoms with van der Waals surface area (Å²) in [4.78, 5) is 45.8. The first-order valence-electron chi connectivity index (χ1n) is 29.3. The van der Waals surface area contributed by atoms with E-state index in [4.69, 9.17) is 28.4 Å². The highest BCUT2D eigenvalue weighted by Gasteiger charge is 2.45. The number of rotatable bonds is 25. The van der Waals surface area contributed by atoms with E-state index in [9.17, 15) is 24.3 Å². The molecule has 0 bridgehead atoms. The molecule has 8 rings (SSSR count). The molecule has 448 valence electrons.